The van der Waals surface area contributed by atoms with E-state index in [1.54, 1.807) is 0 Å². The van der Waals surface area contributed by atoms with E-state index in [9.17, 15) is 0 Å². The molecule has 0 amide bonds. The summed E-state index contributed by atoms with van der Waals surface area (Å²) in [5.74, 6) is 3.66. The highest BCUT2D eigenvalue weighted by molar-refractivity contribution is 6.30. The van der Waals surface area contributed by atoms with E-state index < -0.39 is 0 Å². The molecule has 4 rings (SSSR count). The van der Waals surface area contributed by atoms with Gasteiger partial charge in [-0.1, -0.05) is 23.7 Å². The Bertz CT molecular complexity index is 949. The van der Waals surface area contributed by atoms with Gasteiger partial charge in [-0.3, -0.25) is 0 Å². The number of halogens is 1. The normalized spacial score (nSPS) is 12.1. The fourth-order valence-electron chi connectivity index (χ4n) is 2.68. The van der Waals surface area contributed by atoms with E-state index in [4.69, 9.17) is 21.1 Å². The topological polar surface area (TPSA) is 68.3 Å². The van der Waals surface area contributed by atoms with Gasteiger partial charge in [-0.2, -0.15) is 0 Å². The molecule has 0 aliphatic carbocycles. The third kappa shape index (κ3) is 3.81. The average Bonchev–Trinajstić information content (AvgIpc) is 3.07. The number of anilines is 3. The SMILES string of the molecule is Cc1nc(NCc2ccc3c(c2)OCO3)cc(Nc2cccc(Cl)c2)n1. The lowest BCUT2D eigenvalue weighted by molar-refractivity contribution is 0.174. The summed E-state index contributed by atoms with van der Waals surface area (Å²) in [7, 11) is 0. The summed E-state index contributed by atoms with van der Waals surface area (Å²) in [5, 5.41) is 7.23. The molecule has 2 heterocycles. The number of fused-ring (bicyclic) bond motifs is 1. The first kappa shape index (κ1) is 16.5. The Morgan fingerprint density at radius 3 is 2.73 bits per heavy atom. The average molecular weight is 369 g/mol. The Hall–Kier alpha value is -2.99. The lowest BCUT2D eigenvalue weighted by atomic mass is 10.2. The van der Waals surface area contributed by atoms with Gasteiger partial charge in [0.05, 0.1) is 0 Å². The molecule has 0 saturated carbocycles. The van der Waals surface area contributed by atoms with Crippen LogP contribution in [0.4, 0.5) is 17.3 Å². The summed E-state index contributed by atoms with van der Waals surface area (Å²) in [4.78, 5) is 8.86. The second-order valence-corrected chi connectivity index (χ2v) is 6.30. The van der Waals surface area contributed by atoms with Crippen molar-refractivity contribution in [1.29, 1.82) is 0 Å². The Morgan fingerprint density at radius 1 is 1.00 bits per heavy atom. The quantitative estimate of drug-likeness (QED) is 0.690. The fraction of sp³-hybridized carbons (Fsp3) is 0.158. The zero-order chi connectivity index (χ0) is 17.9. The molecule has 26 heavy (non-hydrogen) atoms. The molecule has 3 aromatic rings. The summed E-state index contributed by atoms with van der Waals surface area (Å²) >= 11 is 6.03. The van der Waals surface area contributed by atoms with Crippen molar-refractivity contribution in [2.75, 3.05) is 17.4 Å². The zero-order valence-corrected chi connectivity index (χ0v) is 14.9. The van der Waals surface area contributed by atoms with Crippen LogP contribution in [0.1, 0.15) is 11.4 Å². The second kappa shape index (κ2) is 7.09. The predicted molar refractivity (Wildman–Crippen MR) is 101 cm³/mol. The number of ether oxygens (including phenoxy) is 2. The minimum atomic E-state index is 0.274. The minimum absolute atomic E-state index is 0.274. The van der Waals surface area contributed by atoms with Crippen molar-refractivity contribution >= 4 is 28.9 Å². The maximum absolute atomic E-state index is 6.03. The molecule has 0 atom stereocenters. The van der Waals surface area contributed by atoms with Gasteiger partial charge in [0.1, 0.15) is 17.5 Å². The van der Waals surface area contributed by atoms with E-state index in [1.807, 2.05) is 55.5 Å². The first-order valence-electron chi connectivity index (χ1n) is 8.16. The van der Waals surface area contributed by atoms with Crippen LogP contribution in [0.2, 0.25) is 5.02 Å². The van der Waals surface area contributed by atoms with Gasteiger partial charge >= 0.3 is 0 Å². The van der Waals surface area contributed by atoms with E-state index in [2.05, 4.69) is 20.6 Å². The standard InChI is InChI=1S/C19H17ClN4O2/c1-12-22-18(9-19(23-12)24-15-4-2-3-14(20)8-15)21-10-13-5-6-16-17(7-13)26-11-25-16/h2-9H,10-11H2,1H3,(H2,21,22,23,24). The molecule has 6 nitrogen and oxygen atoms in total. The van der Waals surface area contributed by atoms with Gasteiger partial charge in [0.2, 0.25) is 6.79 Å². The van der Waals surface area contributed by atoms with Gasteiger partial charge in [0.15, 0.2) is 11.5 Å². The Morgan fingerprint density at radius 2 is 1.85 bits per heavy atom. The molecular formula is C19H17ClN4O2. The van der Waals surface area contributed by atoms with Crippen LogP contribution in [0.3, 0.4) is 0 Å². The Kier molecular flexibility index (Phi) is 4.50. The van der Waals surface area contributed by atoms with Gasteiger partial charge < -0.3 is 20.1 Å². The number of nitrogens with zero attached hydrogens (tertiary/aromatic N) is 2. The molecule has 1 aliphatic heterocycles. The van der Waals surface area contributed by atoms with Crippen LogP contribution in [-0.2, 0) is 6.54 Å². The van der Waals surface area contributed by atoms with Crippen molar-refractivity contribution in [2.24, 2.45) is 0 Å². The predicted octanol–water partition coefficient (Wildman–Crippen LogP) is 4.52. The first-order valence-corrected chi connectivity index (χ1v) is 8.54. The molecular weight excluding hydrogens is 352 g/mol. The van der Waals surface area contributed by atoms with Crippen molar-refractivity contribution < 1.29 is 9.47 Å². The molecule has 132 valence electrons. The van der Waals surface area contributed by atoms with Crippen LogP contribution in [0.5, 0.6) is 11.5 Å². The van der Waals surface area contributed by atoms with Gasteiger partial charge in [-0.05, 0) is 42.8 Å². The summed E-state index contributed by atoms with van der Waals surface area (Å²) in [6.07, 6.45) is 0. The fourth-order valence-corrected chi connectivity index (χ4v) is 2.87. The summed E-state index contributed by atoms with van der Waals surface area (Å²) in [6, 6.07) is 15.2. The molecule has 1 aromatic heterocycles. The monoisotopic (exact) mass is 368 g/mol. The van der Waals surface area contributed by atoms with Crippen LogP contribution in [0.15, 0.2) is 48.5 Å². The van der Waals surface area contributed by atoms with Crippen LogP contribution >= 0.6 is 11.6 Å². The third-order valence-corrected chi connectivity index (χ3v) is 4.08. The van der Waals surface area contributed by atoms with Crippen molar-refractivity contribution in [3.8, 4) is 11.5 Å². The van der Waals surface area contributed by atoms with E-state index in [0.29, 0.717) is 23.2 Å². The summed E-state index contributed by atoms with van der Waals surface area (Å²) in [5.41, 5.74) is 1.95. The van der Waals surface area contributed by atoms with Crippen LogP contribution in [-0.4, -0.2) is 16.8 Å². The Balaban J connectivity index is 1.47. The van der Waals surface area contributed by atoms with Gasteiger partial charge in [0, 0.05) is 23.3 Å². The highest BCUT2D eigenvalue weighted by atomic mass is 35.5. The van der Waals surface area contributed by atoms with Crippen molar-refractivity contribution in [2.45, 2.75) is 13.5 Å². The third-order valence-electron chi connectivity index (χ3n) is 3.85. The van der Waals surface area contributed by atoms with E-state index in [-0.39, 0.29) is 6.79 Å². The van der Waals surface area contributed by atoms with Crippen LogP contribution in [0, 0.1) is 6.92 Å². The smallest absolute Gasteiger partial charge is 0.231 e. The molecule has 2 aromatic carbocycles. The molecule has 0 bridgehead atoms. The Labute approximate surface area is 156 Å². The zero-order valence-electron chi connectivity index (χ0n) is 14.1. The number of nitrogens with one attached hydrogen (secondary N) is 2. The van der Waals surface area contributed by atoms with E-state index in [0.717, 1.165) is 28.6 Å². The lowest BCUT2D eigenvalue weighted by Gasteiger charge is -2.11. The van der Waals surface area contributed by atoms with E-state index >= 15 is 0 Å². The minimum Gasteiger partial charge on any atom is -0.454 e. The van der Waals surface area contributed by atoms with Crippen LogP contribution < -0.4 is 20.1 Å². The first-order chi connectivity index (χ1) is 12.7. The van der Waals surface area contributed by atoms with E-state index in [1.165, 1.54) is 0 Å². The maximum atomic E-state index is 6.03. The molecule has 2 N–H and O–H groups in total. The number of benzene rings is 2. The van der Waals surface area contributed by atoms with Crippen molar-refractivity contribution in [1.82, 2.24) is 9.97 Å². The largest absolute Gasteiger partial charge is 0.454 e. The van der Waals surface area contributed by atoms with Gasteiger partial charge in [-0.15, -0.1) is 0 Å². The van der Waals surface area contributed by atoms with Gasteiger partial charge in [-0.25, -0.2) is 9.97 Å². The van der Waals surface area contributed by atoms with Crippen molar-refractivity contribution in [3.63, 3.8) is 0 Å². The highest BCUT2D eigenvalue weighted by Crippen LogP contribution is 2.32. The number of aryl methyl sites for hydroxylation is 1. The number of aromatic nitrogens is 2. The van der Waals surface area contributed by atoms with Crippen LogP contribution in [0.25, 0.3) is 0 Å². The molecule has 7 heteroatoms. The van der Waals surface area contributed by atoms with Crippen molar-refractivity contribution in [3.05, 3.63) is 64.9 Å². The molecule has 0 saturated heterocycles. The summed E-state index contributed by atoms with van der Waals surface area (Å²) < 4.78 is 10.7. The number of hydrogen-bond donors (Lipinski definition) is 2. The lowest BCUT2D eigenvalue weighted by Crippen LogP contribution is -2.05. The second-order valence-electron chi connectivity index (χ2n) is 5.86. The molecule has 0 unspecified atom stereocenters. The number of hydrogen-bond acceptors (Lipinski definition) is 6. The molecule has 0 radical (unpaired) electrons. The maximum Gasteiger partial charge on any atom is 0.231 e. The summed E-state index contributed by atoms with van der Waals surface area (Å²) in [6.45, 7) is 2.74. The molecule has 0 fully saturated rings. The highest BCUT2D eigenvalue weighted by Gasteiger charge is 2.13. The molecule has 1 aliphatic rings. The number of rotatable bonds is 5. The van der Waals surface area contributed by atoms with Gasteiger partial charge in [0.25, 0.3) is 0 Å². The molecule has 0 spiro atoms.